The van der Waals surface area contributed by atoms with Crippen LogP contribution in [0.5, 0.6) is 0 Å². The molecule has 1 aromatic rings. The lowest BCUT2D eigenvalue weighted by Gasteiger charge is -2.21. The molecule has 1 saturated heterocycles. The summed E-state index contributed by atoms with van der Waals surface area (Å²) in [7, 11) is -3.56. The van der Waals surface area contributed by atoms with Gasteiger partial charge in [0.1, 0.15) is 0 Å². The molecule has 3 N–H and O–H groups in total. The van der Waals surface area contributed by atoms with Gasteiger partial charge in [0.05, 0.1) is 12.3 Å². The summed E-state index contributed by atoms with van der Waals surface area (Å²) < 4.78 is 31.8. The first-order chi connectivity index (χ1) is 8.55. The first-order valence-electron chi connectivity index (χ1n) is 5.89. The fraction of sp³-hybridized carbons (Fsp3) is 0.700. The first kappa shape index (κ1) is 13.5. The molecule has 1 aliphatic heterocycles. The normalized spacial score (nSPS) is 22.9. The van der Waals surface area contributed by atoms with Crippen molar-refractivity contribution in [1.82, 2.24) is 14.5 Å². The summed E-state index contributed by atoms with van der Waals surface area (Å²) in [5.74, 6) is 0. The minimum atomic E-state index is -3.56. The van der Waals surface area contributed by atoms with Gasteiger partial charge in [0, 0.05) is 31.8 Å². The van der Waals surface area contributed by atoms with Gasteiger partial charge in [-0.1, -0.05) is 0 Å². The summed E-state index contributed by atoms with van der Waals surface area (Å²) in [5, 5.41) is 6.38. The van der Waals surface area contributed by atoms with Gasteiger partial charge < -0.3 is 10.5 Å². The number of aromatic amines is 1. The van der Waals surface area contributed by atoms with Gasteiger partial charge in [0.2, 0.25) is 0 Å². The van der Waals surface area contributed by atoms with Crippen LogP contribution in [0, 0.1) is 0 Å². The lowest BCUT2D eigenvalue weighted by atomic mass is 10.4. The molecule has 0 aliphatic carbocycles. The highest BCUT2D eigenvalue weighted by atomic mass is 32.2. The maximum atomic E-state index is 12.5. The largest absolute Gasteiger partial charge is 0.377 e. The van der Waals surface area contributed by atoms with E-state index in [1.807, 2.05) is 6.92 Å². The van der Waals surface area contributed by atoms with E-state index in [0.29, 0.717) is 31.7 Å². The summed E-state index contributed by atoms with van der Waals surface area (Å²) in [4.78, 5) is 0. The fourth-order valence-electron chi connectivity index (χ4n) is 1.97. The number of nitrogens with one attached hydrogen (secondary N) is 1. The third-order valence-electron chi connectivity index (χ3n) is 2.91. The van der Waals surface area contributed by atoms with E-state index in [0.717, 1.165) is 0 Å². The summed E-state index contributed by atoms with van der Waals surface area (Å²) in [6.07, 6.45) is 2.03. The van der Waals surface area contributed by atoms with Crippen LogP contribution in [0.15, 0.2) is 11.2 Å². The van der Waals surface area contributed by atoms with Crippen LogP contribution in [-0.4, -0.2) is 48.7 Å². The number of nitrogens with two attached hydrogens (primary N) is 1. The van der Waals surface area contributed by atoms with Crippen molar-refractivity contribution in [2.45, 2.75) is 31.0 Å². The third kappa shape index (κ3) is 2.56. The summed E-state index contributed by atoms with van der Waals surface area (Å²) in [6.45, 7) is 3.40. The molecule has 8 heteroatoms. The maximum absolute atomic E-state index is 12.5. The van der Waals surface area contributed by atoms with E-state index in [2.05, 4.69) is 10.2 Å². The van der Waals surface area contributed by atoms with Crippen LogP contribution in [0.3, 0.4) is 0 Å². The van der Waals surface area contributed by atoms with Crippen molar-refractivity contribution in [3.8, 4) is 0 Å². The molecule has 0 bridgehead atoms. The number of hydrogen-bond acceptors (Lipinski definition) is 5. The number of hydrogen-bond donors (Lipinski definition) is 2. The van der Waals surface area contributed by atoms with Gasteiger partial charge in [-0.15, -0.1) is 0 Å². The molecule has 18 heavy (non-hydrogen) atoms. The quantitative estimate of drug-likeness (QED) is 0.785. The fourth-order valence-corrected chi connectivity index (χ4v) is 3.64. The van der Waals surface area contributed by atoms with Crippen LogP contribution >= 0.6 is 0 Å². The van der Waals surface area contributed by atoms with Crippen LogP contribution in [0.25, 0.3) is 0 Å². The van der Waals surface area contributed by atoms with Crippen LogP contribution in [0.4, 0.5) is 0 Å². The Morgan fingerprint density at radius 3 is 3.17 bits per heavy atom. The van der Waals surface area contributed by atoms with E-state index in [4.69, 9.17) is 10.5 Å². The van der Waals surface area contributed by atoms with E-state index < -0.39 is 10.0 Å². The van der Waals surface area contributed by atoms with E-state index >= 15 is 0 Å². The highest BCUT2D eigenvalue weighted by Gasteiger charge is 2.30. The number of rotatable bonds is 3. The molecule has 1 unspecified atom stereocenters. The summed E-state index contributed by atoms with van der Waals surface area (Å²) >= 11 is 0. The third-order valence-corrected chi connectivity index (χ3v) is 4.79. The molecule has 0 spiro atoms. The second-order valence-corrected chi connectivity index (χ2v) is 6.20. The highest BCUT2D eigenvalue weighted by molar-refractivity contribution is 7.89. The molecular weight excluding hydrogens is 256 g/mol. The molecule has 2 heterocycles. The molecule has 102 valence electrons. The summed E-state index contributed by atoms with van der Waals surface area (Å²) in [6, 6.07) is 0. The highest BCUT2D eigenvalue weighted by Crippen LogP contribution is 2.19. The van der Waals surface area contributed by atoms with E-state index in [-0.39, 0.29) is 17.7 Å². The predicted molar refractivity (Wildman–Crippen MR) is 65.3 cm³/mol. The number of nitrogens with zero attached hydrogens (tertiary/aromatic N) is 2. The Morgan fingerprint density at radius 2 is 2.44 bits per heavy atom. The Kier molecular flexibility index (Phi) is 4.00. The van der Waals surface area contributed by atoms with Gasteiger partial charge in [0.15, 0.2) is 5.03 Å². The van der Waals surface area contributed by atoms with Gasteiger partial charge in [-0.25, -0.2) is 8.42 Å². The van der Waals surface area contributed by atoms with Crippen LogP contribution < -0.4 is 5.73 Å². The lowest BCUT2D eigenvalue weighted by molar-refractivity contribution is 0.0751. The minimum absolute atomic E-state index is 0.0964. The Balaban J connectivity index is 2.30. The average molecular weight is 274 g/mol. The standard InChI is InChI=1S/C10H18N4O3S/c1-8-7-14(3-2-4-17-8)18(15,16)10-9(5-11)6-12-13-10/h6,8H,2-5,7,11H2,1H3,(H,12,13). The smallest absolute Gasteiger partial charge is 0.260 e. The Labute approximate surface area is 106 Å². The molecule has 7 nitrogen and oxygen atoms in total. The number of ether oxygens (including phenoxy) is 1. The molecule has 1 atom stereocenters. The molecule has 1 fully saturated rings. The van der Waals surface area contributed by atoms with Crippen LogP contribution in [0.2, 0.25) is 0 Å². The molecule has 0 aromatic carbocycles. The zero-order valence-corrected chi connectivity index (χ0v) is 11.1. The van der Waals surface area contributed by atoms with Crippen molar-refractivity contribution in [3.63, 3.8) is 0 Å². The predicted octanol–water partition coefficient (Wildman–Crippen LogP) is -0.332. The molecular formula is C10H18N4O3S. The van der Waals surface area contributed by atoms with Crippen molar-refractivity contribution in [2.24, 2.45) is 5.73 Å². The second kappa shape index (κ2) is 5.35. The second-order valence-electron chi connectivity index (χ2n) is 4.33. The van der Waals surface area contributed by atoms with Gasteiger partial charge in [-0.2, -0.15) is 9.40 Å². The zero-order chi connectivity index (χ0) is 13.2. The topological polar surface area (TPSA) is 101 Å². The zero-order valence-electron chi connectivity index (χ0n) is 10.3. The first-order valence-corrected chi connectivity index (χ1v) is 7.33. The van der Waals surface area contributed by atoms with Crippen molar-refractivity contribution < 1.29 is 13.2 Å². The van der Waals surface area contributed by atoms with Crippen molar-refractivity contribution >= 4 is 10.0 Å². The minimum Gasteiger partial charge on any atom is -0.377 e. The lowest BCUT2D eigenvalue weighted by Crippen LogP contribution is -2.36. The molecule has 1 aliphatic rings. The number of aromatic nitrogens is 2. The number of sulfonamides is 1. The molecule has 1 aromatic heterocycles. The van der Waals surface area contributed by atoms with Crippen LogP contribution in [-0.2, 0) is 21.3 Å². The van der Waals surface area contributed by atoms with E-state index in [1.54, 1.807) is 0 Å². The Hall–Kier alpha value is -0.960. The molecule has 2 rings (SSSR count). The Bertz CT molecular complexity index is 499. The summed E-state index contributed by atoms with van der Waals surface area (Å²) in [5.41, 5.74) is 6.02. The molecule has 0 saturated carbocycles. The Morgan fingerprint density at radius 1 is 1.67 bits per heavy atom. The molecule has 0 amide bonds. The van der Waals surface area contributed by atoms with Crippen LogP contribution in [0.1, 0.15) is 18.9 Å². The number of H-pyrrole nitrogens is 1. The SMILES string of the molecule is CC1CN(S(=O)(=O)c2[nH]ncc2CN)CCCO1. The molecule has 0 radical (unpaired) electrons. The van der Waals surface area contributed by atoms with E-state index in [1.165, 1.54) is 10.5 Å². The van der Waals surface area contributed by atoms with Gasteiger partial charge in [-0.3, -0.25) is 5.10 Å². The van der Waals surface area contributed by atoms with Gasteiger partial charge in [0.25, 0.3) is 10.0 Å². The van der Waals surface area contributed by atoms with Crippen molar-refractivity contribution in [2.75, 3.05) is 19.7 Å². The maximum Gasteiger partial charge on any atom is 0.260 e. The van der Waals surface area contributed by atoms with E-state index in [9.17, 15) is 8.42 Å². The van der Waals surface area contributed by atoms with Crippen molar-refractivity contribution in [1.29, 1.82) is 0 Å². The van der Waals surface area contributed by atoms with Gasteiger partial charge in [-0.05, 0) is 13.3 Å². The average Bonchev–Trinajstić information content (AvgIpc) is 2.71. The monoisotopic (exact) mass is 274 g/mol. The van der Waals surface area contributed by atoms with Gasteiger partial charge >= 0.3 is 0 Å². The van der Waals surface area contributed by atoms with Crippen molar-refractivity contribution in [3.05, 3.63) is 11.8 Å².